The number of fused-ring (bicyclic) bond motifs is 1. The van der Waals surface area contributed by atoms with Crippen LogP contribution in [0.4, 0.5) is 0 Å². The van der Waals surface area contributed by atoms with Crippen LogP contribution in [0.1, 0.15) is 73.8 Å². The molecule has 2 aliphatic heterocycles. The van der Waals surface area contributed by atoms with Crippen LogP contribution in [-0.4, -0.2) is 43.5 Å². The second-order valence-electron chi connectivity index (χ2n) is 10.8. The van der Waals surface area contributed by atoms with E-state index in [9.17, 15) is 9.59 Å². The predicted octanol–water partition coefficient (Wildman–Crippen LogP) is 4.37. The highest BCUT2D eigenvalue weighted by Crippen LogP contribution is 2.29. The average molecular weight is 539 g/mol. The molecule has 2 aliphatic rings. The maximum absolute atomic E-state index is 14.3. The number of carbonyl (C=O) groups excluding carboxylic acids is 1. The van der Waals surface area contributed by atoms with Gasteiger partial charge in [0.05, 0.1) is 36.6 Å². The van der Waals surface area contributed by atoms with E-state index in [1.54, 1.807) is 0 Å². The third-order valence-corrected chi connectivity index (χ3v) is 7.83. The predicted molar refractivity (Wildman–Crippen MR) is 154 cm³/mol. The van der Waals surface area contributed by atoms with Gasteiger partial charge in [0.15, 0.2) is 0 Å². The van der Waals surface area contributed by atoms with Gasteiger partial charge in [-0.1, -0.05) is 55.8 Å². The van der Waals surface area contributed by atoms with E-state index >= 15 is 0 Å². The minimum atomic E-state index is -0.122. The molecule has 4 aromatic rings. The quantitative estimate of drug-likeness (QED) is 0.376. The van der Waals surface area contributed by atoms with Gasteiger partial charge in [0.2, 0.25) is 11.7 Å². The molecule has 9 nitrogen and oxygen atoms in total. The number of rotatable bonds is 7. The molecule has 1 saturated heterocycles. The number of hydrogen-bond donors (Lipinski definition) is 1. The Hall–Kier alpha value is -4.11. The number of benzene rings is 2. The summed E-state index contributed by atoms with van der Waals surface area (Å²) in [6.45, 7) is 6.52. The lowest BCUT2D eigenvalue weighted by Gasteiger charge is -2.29. The van der Waals surface area contributed by atoms with E-state index in [1.165, 1.54) is 0 Å². The van der Waals surface area contributed by atoms with Crippen LogP contribution in [0.25, 0.3) is 16.9 Å². The molecule has 1 fully saturated rings. The fourth-order valence-corrected chi connectivity index (χ4v) is 5.83. The molecule has 1 N–H and O–H groups in total. The number of hydrogen-bond acceptors (Lipinski definition) is 6. The molecule has 9 heteroatoms. The van der Waals surface area contributed by atoms with E-state index in [4.69, 9.17) is 9.84 Å². The van der Waals surface area contributed by atoms with Gasteiger partial charge < -0.3 is 4.74 Å². The topological polar surface area (TPSA) is 103 Å². The lowest BCUT2D eigenvalue weighted by molar-refractivity contribution is -0.119. The second-order valence-corrected chi connectivity index (χ2v) is 10.8. The molecule has 2 unspecified atom stereocenters. The molecule has 0 saturated carbocycles. The minimum Gasteiger partial charge on any atom is -0.376 e. The van der Waals surface area contributed by atoms with Gasteiger partial charge >= 0.3 is 0 Å². The zero-order chi connectivity index (χ0) is 27.8. The van der Waals surface area contributed by atoms with E-state index in [1.807, 2.05) is 34.2 Å². The fourth-order valence-electron chi connectivity index (χ4n) is 5.83. The summed E-state index contributed by atoms with van der Waals surface area (Å²) in [5.41, 5.74) is 8.79. The van der Waals surface area contributed by atoms with Gasteiger partial charge in [-0.05, 0) is 55.9 Å². The summed E-state index contributed by atoms with van der Waals surface area (Å²) in [6.07, 6.45) is 4.17. The molecule has 2 aromatic heterocycles. The first-order valence-corrected chi connectivity index (χ1v) is 14.1. The van der Waals surface area contributed by atoms with Gasteiger partial charge in [-0.15, -0.1) is 0 Å². The maximum Gasteiger partial charge on any atom is 0.259 e. The molecular formula is C31H34N6O3. The van der Waals surface area contributed by atoms with Crippen molar-refractivity contribution in [1.29, 1.82) is 0 Å². The zero-order valence-corrected chi connectivity index (χ0v) is 23.2. The molecule has 2 atom stereocenters. The number of aromatic nitrogens is 4. The van der Waals surface area contributed by atoms with Crippen molar-refractivity contribution in [3.8, 4) is 11.1 Å². The number of amides is 1. The normalized spacial score (nSPS) is 19.2. The van der Waals surface area contributed by atoms with Crippen LogP contribution in [0.5, 0.6) is 0 Å². The van der Waals surface area contributed by atoms with Crippen molar-refractivity contribution in [2.24, 2.45) is 5.10 Å². The van der Waals surface area contributed by atoms with E-state index in [2.05, 4.69) is 59.7 Å². The Morgan fingerprint density at radius 3 is 2.60 bits per heavy atom. The average Bonchev–Trinajstić information content (AvgIpc) is 3.57. The van der Waals surface area contributed by atoms with Crippen molar-refractivity contribution in [1.82, 2.24) is 24.6 Å². The SMILES string of the molecule is CCCc1c(Cc2ccc(-c3ccccc3)c(C3=NNC(=O)C3)c2)c(=O)n(C2CCC(C)OC2)c2nc(C)nn12. The largest absolute Gasteiger partial charge is 0.376 e. The summed E-state index contributed by atoms with van der Waals surface area (Å²) in [7, 11) is 0. The van der Waals surface area contributed by atoms with Gasteiger partial charge in [0.25, 0.3) is 5.56 Å². The number of nitrogens with zero attached hydrogens (tertiary/aromatic N) is 5. The molecule has 2 aromatic carbocycles. The summed E-state index contributed by atoms with van der Waals surface area (Å²) in [5.74, 6) is 1.10. The number of hydrazone groups is 1. The lowest BCUT2D eigenvalue weighted by Crippen LogP contribution is -2.37. The Morgan fingerprint density at radius 2 is 1.90 bits per heavy atom. The second kappa shape index (κ2) is 10.8. The maximum atomic E-state index is 14.3. The van der Waals surface area contributed by atoms with Crippen LogP contribution in [0.2, 0.25) is 0 Å². The number of ether oxygens (including phenoxy) is 1. The highest BCUT2D eigenvalue weighted by molar-refractivity contribution is 6.16. The van der Waals surface area contributed by atoms with Crippen LogP contribution in [0.3, 0.4) is 0 Å². The Kier molecular flexibility index (Phi) is 7.06. The number of aryl methyl sites for hydroxylation is 2. The summed E-state index contributed by atoms with van der Waals surface area (Å²) in [6, 6.07) is 16.2. The Labute approximate surface area is 232 Å². The Balaban J connectivity index is 1.49. The van der Waals surface area contributed by atoms with E-state index in [0.717, 1.165) is 52.8 Å². The van der Waals surface area contributed by atoms with Gasteiger partial charge in [-0.2, -0.15) is 15.2 Å². The van der Waals surface area contributed by atoms with E-state index in [-0.39, 0.29) is 30.0 Å². The highest BCUT2D eigenvalue weighted by atomic mass is 16.5. The molecule has 40 heavy (non-hydrogen) atoms. The molecule has 1 amide bonds. The molecule has 4 heterocycles. The fraction of sp³-hybridized carbons (Fsp3) is 0.387. The summed E-state index contributed by atoms with van der Waals surface area (Å²) in [5, 5.41) is 9.05. The molecule has 0 bridgehead atoms. The van der Waals surface area contributed by atoms with Crippen molar-refractivity contribution in [2.45, 2.75) is 71.4 Å². The summed E-state index contributed by atoms with van der Waals surface area (Å²) >= 11 is 0. The first-order chi connectivity index (χ1) is 19.4. The van der Waals surface area contributed by atoms with Crippen LogP contribution in [0.15, 0.2) is 58.4 Å². The molecule has 0 spiro atoms. The van der Waals surface area contributed by atoms with Gasteiger partial charge in [0, 0.05) is 17.5 Å². The highest BCUT2D eigenvalue weighted by Gasteiger charge is 2.28. The first-order valence-electron chi connectivity index (χ1n) is 14.1. The Bertz CT molecular complexity index is 1660. The summed E-state index contributed by atoms with van der Waals surface area (Å²) < 4.78 is 9.64. The molecule has 0 aliphatic carbocycles. The smallest absolute Gasteiger partial charge is 0.259 e. The van der Waals surface area contributed by atoms with Crippen molar-refractivity contribution in [2.75, 3.05) is 6.61 Å². The van der Waals surface area contributed by atoms with Gasteiger partial charge in [-0.3, -0.25) is 14.2 Å². The van der Waals surface area contributed by atoms with Crippen LogP contribution < -0.4 is 11.0 Å². The first kappa shape index (κ1) is 26.1. The van der Waals surface area contributed by atoms with Gasteiger partial charge in [-0.25, -0.2) is 9.94 Å². The zero-order valence-electron chi connectivity index (χ0n) is 23.2. The van der Waals surface area contributed by atoms with Crippen molar-refractivity contribution in [3.05, 3.63) is 87.1 Å². The van der Waals surface area contributed by atoms with E-state index < -0.39 is 0 Å². The third kappa shape index (κ3) is 4.86. The van der Waals surface area contributed by atoms with Gasteiger partial charge in [0.1, 0.15) is 5.82 Å². The van der Waals surface area contributed by atoms with Crippen LogP contribution >= 0.6 is 0 Å². The molecule has 206 valence electrons. The standard InChI is InChI=1S/C31H34N6O3/c1-4-8-28-26(30(39)36(23-13-11-19(2)40-18-23)31-32-20(3)35-37(28)31)16-21-12-14-24(22-9-6-5-7-10-22)25(15-21)27-17-29(38)34-33-27/h5-7,9-10,12,14-15,19,23H,4,8,11,13,16-18H2,1-3H3,(H,34,38). The Morgan fingerprint density at radius 1 is 1.07 bits per heavy atom. The van der Waals surface area contributed by atoms with Crippen molar-refractivity contribution < 1.29 is 9.53 Å². The monoisotopic (exact) mass is 538 g/mol. The lowest BCUT2D eigenvalue weighted by atomic mass is 9.91. The number of nitrogens with one attached hydrogen (secondary N) is 1. The molecule has 6 rings (SSSR count). The molecule has 0 radical (unpaired) electrons. The van der Waals surface area contributed by atoms with E-state index in [0.29, 0.717) is 36.8 Å². The van der Waals surface area contributed by atoms with Crippen molar-refractivity contribution >= 4 is 17.4 Å². The van der Waals surface area contributed by atoms with Crippen LogP contribution in [-0.2, 0) is 22.4 Å². The molecular weight excluding hydrogens is 504 g/mol. The minimum absolute atomic E-state index is 0.0322. The van der Waals surface area contributed by atoms with Crippen LogP contribution in [0, 0.1) is 6.92 Å². The summed E-state index contributed by atoms with van der Waals surface area (Å²) in [4.78, 5) is 31.0. The third-order valence-electron chi connectivity index (χ3n) is 7.83. The van der Waals surface area contributed by atoms with Crippen molar-refractivity contribution in [3.63, 3.8) is 0 Å². The number of carbonyl (C=O) groups is 1.